The van der Waals surface area contributed by atoms with Crippen LogP contribution in [0.1, 0.15) is 110 Å². The van der Waals surface area contributed by atoms with Gasteiger partial charge in [-0.2, -0.15) is 35.4 Å². The van der Waals surface area contributed by atoms with E-state index in [-0.39, 0.29) is 35.1 Å². The van der Waals surface area contributed by atoms with Crippen molar-refractivity contribution in [2.24, 2.45) is 0 Å². The normalized spacial score (nSPS) is 11.7. The van der Waals surface area contributed by atoms with Gasteiger partial charge in [0.1, 0.15) is 28.8 Å². The van der Waals surface area contributed by atoms with Crippen molar-refractivity contribution < 1.29 is 42.2 Å². The molecule has 0 bridgehead atoms. The molecule has 0 aliphatic heterocycles. The van der Waals surface area contributed by atoms with Crippen molar-refractivity contribution in [2.45, 2.75) is 71.6 Å². The number of hydrogen-bond acceptors (Lipinski definition) is 13. The summed E-state index contributed by atoms with van der Waals surface area (Å²) in [7, 11) is 8.54. The molecule has 582 valence electrons. The summed E-state index contributed by atoms with van der Waals surface area (Å²) in [5.74, 6) is 1.25. The number of benzene rings is 10. The van der Waals surface area contributed by atoms with Crippen molar-refractivity contribution in [3.8, 4) is 56.8 Å². The molecular weight excluding hydrogens is 1480 g/mol. The Morgan fingerprint density at radius 2 is 0.930 bits per heavy atom. The third-order valence-corrected chi connectivity index (χ3v) is 20.3. The maximum absolute atomic E-state index is 13.9. The lowest BCUT2D eigenvalue weighted by Crippen LogP contribution is -2.31. The summed E-state index contributed by atoms with van der Waals surface area (Å²) in [6.45, 7) is 6.79. The minimum Gasteiger partial charge on any atom is -0.496 e. The lowest BCUT2D eigenvalue weighted by molar-refractivity contribution is 0.0778. The average Bonchev–Trinajstić information content (AvgIpc) is 1.78. The van der Waals surface area contributed by atoms with E-state index in [4.69, 9.17) is 31.1 Å². The zero-order valence-electron chi connectivity index (χ0n) is 64.5. The number of ether oxygens (including phenoxy) is 3. The number of carbonyl (C=O) groups is 4. The molecule has 15 aromatic rings. The highest BCUT2D eigenvalue weighted by Crippen LogP contribution is 2.40. The quantitative estimate of drug-likeness (QED) is 0.0554. The number of aromatic nitrogens is 10. The number of nitrogens with zero attached hydrogens (tertiary/aromatic N) is 11. The molecule has 5 heterocycles. The van der Waals surface area contributed by atoms with E-state index in [9.17, 15) is 28.0 Å². The van der Waals surface area contributed by atoms with Crippen LogP contribution < -0.4 is 14.2 Å². The van der Waals surface area contributed by atoms with Gasteiger partial charge in [-0.15, -0.1) is 0 Å². The highest BCUT2D eigenvalue weighted by molar-refractivity contribution is 6.33. The first-order chi connectivity index (χ1) is 55.9. The second kappa shape index (κ2) is 36.6. The Morgan fingerprint density at radius 1 is 0.487 bits per heavy atom. The van der Waals surface area contributed by atoms with Crippen LogP contribution in [0.3, 0.4) is 0 Å². The van der Waals surface area contributed by atoms with Gasteiger partial charge >= 0.3 is 6.03 Å². The van der Waals surface area contributed by atoms with E-state index in [0.717, 1.165) is 77.2 Å². The van der Waals surface area contributed by atoms with Crippen molar-refractivity contribution in [1.82, 2.24) is 70.2 Å². The van der Waals surface area contributed by atoms with E-state index in [1.54, 1.807) is 126 Å². The number of nitrogens with one attached hydrogen (secondary N) is 4. The van der Waals surface area contributed by atoms with Crippen LogP contribution >= 0.6 is 11.6 Å². The summed E-state index contributed by atoms with van der Waals surface area (Å²) >= 11 is 6.38. The molecule has 0 radical (unpaired) electrons. The number of halogens is 3. The molecular formula is C90H84ClF2N15O7. The van der Waals surface area contributed by atoms with Crippen molar-refractivity contribution in [3.05, 3.63) is 298 Å². The van der Waals surface area contributed by atoms with E-state index in [1.807, 2.05) is 142 Å². The van der Waals surface area contributed by atoms with Crippen molar-refractivity contribution in [3.63, 3.8) is 0 Å². The minimum atomic E-state index is -0.510. The fourth-order valence-electron chi connectivity index (χ4n) is 14.2. The zero-order valence-corrected chi connectivity index (χ0v) is 65.3. The van der Waals surface area contributed by atoms with Gasteiger partial charge < -0.3 is 33.8 Å². The van der Waals surface area contributed by atoms with Crippen molar-refractivity contribution in [1.29, 1.82) is 5.26 Å². The predicted octanol–water partition coefficient (Wildman–Crippen LogP) is 18.6. The maximum Gasteiger partial charge on any atom is 0.344 e. The van der Waals surface area contributed by atoms with Crippen LogP contribution in [0.25, 0.3) is 77.1 Å². The average molecular weight is 1560 g/mol. The van der Waals surface area contributed by atoms with E-state index in [2.05, 4.69) is 52.0 Å². The second-order valence-electron chi connectivity index (χ2n) is 27.8. The molecule has 0 atom stereocenters. The molecule has 1 fully saturated rings. The molecule has 5 aromatic heterocycles. The van der Waals surface area contributed by atoms with Crippen molar-refractivity contribution in [2.75, 3.05) is 48.5 Å². The van der Waals surface area contributed by atoms with Gasteiger partial charge in [0.15, 0.2) is 5.75 Å². The third-order valence-electron chi connectivity index (χ3n) is 20.0. The number of amides is 4. The monoisotopic (exact) mass is 1560 g/mol. The summed E-state index contributed by atoms with van der Waals surface area (Å²) in [4.78, 5) is 58.5. The number of rotatable bonds is 20. The molecule has 115 heavy (non-hydrogen) atoms. The fraction of sp³-hybridized carbons (Fsp3) is 0.200. The minimum absolute atomic E-state index is 0.00422. The first-order valence-electron chi connectivity index (χ1n) is 37.5. The number of fused-ring (bicyclic) bond motifs is 4. The Bertz CT molecular complexity index is 6020. The topological polar surface area (TPSA) is 265 Å². The Labute approximate surface area is 667 Å². The van der Waals surface area contributed by atoms with Crippen LogP contribution in [0.4, 0.5) is 13.6 Å². The van der Waals surface area contributed by atoms with Crippen LogP contribution in [-0.2, 0) is 26.2 Å². The molecule has 0 spiro atoms. The number of hydrogen-bond donors (Lipinski definition) is 4. The third kappa shape index (κ3) is 18.6. The van der Waals surface area contributed by atoms with E-state index < -0.39 is 5.82 Å². The van der Waals surface area contributed by atoms with Crippen LogP contribution in [0.15, 0.2) is 231 Å². The van der Waals surface area contributed by atoms with Gasteiger partial charge in [0.2, 0.25) is 0 Å². The molecule has 4 N–H and O–H groups in total. The lowest BCUT2D eigenvalue weighted by atomic mass is 9.95. The first kappa shape index (κ1) is 79.3. The van der Waals surface area contributed by atoms with Gasteiger partial charge in [-0.25, -0.2) is 13.6 Å². The van der Waals surface area contributed by atoms with E-state index in [0.29, 0.717) is 106 Å². The highest BCUT2D eigenvalue weighted by Gasteiger charge is 2.26. The molecule has 22 nitrogen and oxygen atoms in total. The largest absolute Gasteiger partial charge is 0.496 e. The summed E-state index contributed by atoms with van der Waals surface area (Å²) in [5.41, 5.74) is 14.8. The zero-order chi connectivity index (χ0) is 80.7. The van der Waals surface area contributed by atoms with Gasteiger partial charge in [0.05, 0.1) is 85.0 Å². The number of H-pyrrole nitrogens is 4. The van der Waals surface area contributed by atoms with Gasteiger partial charge in [0, 0.05) is 114 Å². The van der Waals surface area contributed by atoms with E-state index >= 15 is 0 Å². The van der Waals surface area contributed by atoms with Crippen LogP contribution in [0.5, 0.6) is 17.2 Å². The highest BCUT2D eigenvalue weighted by atomic mass is 35.5. The lowest BCUT2D eigenvalue weighted by Gasteiger charge is -2.20. The number of para-hydroxylation sites is 4. The number of aromatic amines is 4. The SMILES string of the molecule is CCOc1cc(C(=O)N(C)Cc2cccc3cn[nH]c23)ccc1C1CCCC1.CCOc1cn(C(=O)N(C)Cc2cccc3cn[nH]c23)nc1-c1ccccc1.CN(Cc1cccc2cn[nH]c12)C(=O)c1ccc(-c2cccc(F)c2)c(Cl)c1.COc1cc(C(=O)N(C)Cc2cccc3cn[nH]c23)ccc1-c1cc(F)cc(C#N)c1. The Hall–Kier alpha value is -13.8. The molecule has 1 saturated carbocycles. The summed E-state index contributed by atoms with van der Waals surface area (Å²) in [6.07, 6.45) is 13.7. The molecule has 16 rings (SSSR count). The van der Waals surface area contributed by atoms with Gasteiger partial charge in [0.25, 0.3) is 17.7 Å². The molecule has 0 saturated heterocycles. The maximum atomic E-state index is 13.9. The number of carbonyl (C=O) groups excluding carboxylic acids is 4. The first-order valence-corrected chi connectivity index (χ1v) is 37.9. The Balaban J connectivity index is 0.000000134. The molecule has 0 unspecified atom stereocenters. The molecule has 1 aliphatic carbocycles. The fourth-order valence-corrected chi connectivity index (χ4v) is 14.5. The van der Waals surface area contributed by atoms with Crippen LogP contribution in [0.2, 0.25) is 5.02 Å². The Kier molecular flexibility index (Phi) is 25.2. The van der Waals surface area contributed by atoms with Crippen LogP contribution in [-0.4, -0.2) is 142 Å². The van der Waals surface area contributed by atoms with E-state index in [1.165, 1.54) is 67.3 Å². The summed E-state index contributed by atoms with van der Waals surface area (Å²) in [6, 6.07) is 61.4. The van der Waals surface area contributed by atoms with Gasteiger partial charge in [-0.05, 0) is 144 Å². The molecule has 1 aliphatic rings. The second-order valence-corrected chi connectivity index (χ2v) is 28.2. The molecule has 10 aromatic carbocycles. The van der Waals surface area contributed by atoms with Gasteiger partial charge in [-0.1, -0.05) is 152 Å². The van der Waals surface area contributed by atoms with Crippen LogP contribution in [0, 0.1) is 23.0 Å². The summed E-state index contributed by atoms with van der Waals surface area (Å²) < 4.78 is 45.8. The summed E-state index contributed by atoms with van der Waals surface area (Å²) in [5, 5.41) is 46.3. The molecule has 25 heteroatoms. The predicted molar refractivity (Wildman–Crippen MR) is 442 cm³/mol. The van der Waals surface area contributed by atoms with Gasteiger partial charge in [-0.3, -0.25) is 34.8 Å². The number of nitriles is 1. The Morgan fingerprint density at radius 3 is 1.41 bits per heavy atom. The van der Waals surface area contributed by atoms with Crippen molar-refractivity contribution >= 4 is 79.0 Å². The molecule has 4 amide bonds. The standard InChI is InChI=1S/C24H19FN4O2.C23H27N3O2.C22H17ClFN3O.C21H21N5O2/c1-29(14-18-5-3-4-17-13-27-28-23(17)18)24(30)16-6-7-21(22(11-16)31-2)19-8-15(12-26)9-20(25)10-19;1-3-28-21-13-17(11-12-20(21)16-7-4-5-8-16)23(27)26(2)15-19-10-6-9-18-14-24-25-22(18)19;1-27(13-17-6-2-5-16-12-25-26-21(16)17)22(28)15-8-9-19(20(23)11-15)14-4-3-7-18(24)10-14;1-3-28-18-14-26(24-20(18)15-8-5-4-6-9-15)21(27)25(2)13-17-11-7-10-16-12-22-23-19(16)17/h3-11,13H,14H2,1-2H3,(H,27,28);6,9-14,16H,3-5,7-8,15H2,1-2H3,(H,24,25);2-12H,13H2,1H3,(H,25,26);4-12,14H,3,13H2,1-2H3,(H,22,23). The number of methoxy groups -OCH3 is 1. The smallest absolute Gasteiger partial charge is 0.344 e.